The average molecular weight is 500 g/mol. The molecule has 9 nitrogen and oxygen atoms in total. The molecule has 4 aromatic rings. The van der Waals surface area contributed by atoms with Crippen LogP contribution in [0.3, 0.4) is 0 Å². The third-order valence-corrected chi connectivity index (χ3v) is 7.93. The number of primary amides is 1. The number of oxazole rings is 1. The van der Waals surface area contributed by atoms with Gasteiger partial charge in [-0.1, -0.05) is 25.0 Å². The largest absolute Gasteiger partial charge is 0.424 e. The summed E-state index contributed by atoms with van der Waals surface area (Å²) in [4.78, 5) is 22.8. The zero-order valence-electron chi connectivity index (χ0n) is 20.9. The Labute approximate surface area is 216 Å². The second-order valence-corrected chi connectivity index (χ2v) is 10.4. The molecule has 9 heteroatoms. The molecule has 1 aromatic carbocycles. The van der Waals surface area contributed by atoms with Crippen molar-refractivity contribution in [1.82, 2.24) is 19.6 Å². The van der Waals surface area contributed by atoms with Crippen LogP contribution in [0.5, 0.6) is 0 Å². The van der Waals surface area contributed by atoms with Gasteiger partial charge in [0.1, 0.15) is 6.33 Å². The first-order valence-electron chi connectivity index (χ1n) is 13.3. The standard InChI is InChI=1S/C28H33N7O2/c29-27(36)22-8-3-7-21(14-22)25-15-30-28(37-25)33-24-9-2-1-6-20(24)13-19-5-4-12-34(16-19)23-10-11-26-31-18-32-35(26)17-23/h3,7-8,10-11,14-15,17-20,24H,1-2,4-6,9,12-13,16H2,(H2,29,36)(H,30,33)/t19-,20+,24-/m1/s1. The number of rotatable bonds is 7. The molecule has 3 aromatic heterocycles. The molecule has 37 heavy (non-hydrogen) atoms. The maximum atomic E-state index is 11.5. The minimum Gasteiger partial charge on any atom is -0.424 e. The zero-order chi connectivity index (χ0) is 25.2. The van der Waals surface area contributed by atoms with E-state index in [9.17, 15) is 4.79 Å². The highest BCUT2D eigenvalue weighted by Crippen LogP contribution is 2.36. The van der Waals surface area contributed by atoms with Gasteiger partial charge in [-0.15, -0.1) is 0 Å². The van der Waals surface area contributed by atoms with Gasteiger partial charge in [0, 0.05) is 30.3 Å². The summed E-state index contributed by atoms with van der Waals surface area (Å²) in [5.41, 5.74) is 8.78. The summed E-state index contributed by atoms with van der Waals surface area (Å²) in [5.74, 6) is 1.42. The Morgan fingerprint density at radius 2 is 2.03 bits per heavy atom. The second-order valence-electron chi connectivity index (χ2n) is 10.4. The average Bonchev–Trinajstić information content (AvgIpc) is 3.59. The second kappa shape index (κ2) is 10.2. The molecule has 192 valence electrons. The van der Waals surface area contributed by atoms with E-state index >= 15 is 0 Å². The van der Waals surface area contributed by atoms with E-state index in [1.54, 1.807) is 30.7 Å². The van der Waals surface area contributed by atoms with Crippen LogP contribution in [0.4, 0.5) is 11.7 Å². The summed E-state index contributed by atoms with van der Waals surface area (Å²) >= 11 is 0. The molecule has 4 heterocycles. The molecule has 3 N–H and O–H groups in total. The minimum atomic E-state index is -0.454. The number of hydrogen-bond acceptors (Lipinski definition) is 7. The lowest BCUT2D eigenvalue weighted by Gasteiger charge is -2.39. The zero-order valence-corrected chi connectivity index (χ0v) is 20.9. The first kappa shape index (κ1) is 23.5. The van der Waals surface area contributed by atoms with Gasteiger partial charge in [0.2, 0.25) is 5.91 Å². The molecule has 1 amide bonds. The van der Waals surface area contributed by atoms with Gasteiger partial charge in [0.15, 0.2) is 11.4 Å². The number of fused-ring (bicyclic) bond motifs is 1. The van der Waals surface area contributed by atoms with Gasteiger partial charge in [0.05, 0.1) is 18.1 Å². The van der Waals surface area contributed by atoms with Crippen LogP contribution in [0.2, 0.25) is 0 Å². The monoisotopic (exact) mass is 499 g/mol. The van der Waals surface area contributed by atoms with Crippen molar-refractivity contribution in [1.29, 1.82) is 0 Å². The summed E-state index contributed by atoms with van der Waals surface area (Å²) in [6.07, 6.45) is 13.9. The van der Waals surface area contributed by atoms with E-state index in [4.69, 9.17) is 10.2 Å². The Hall–Kier alpha value is -3.88. The van der Waals surface area contributed by atoms with Crippen LogP contribution in [0.15, 0.2) is 59.5 Å². The molecule has 1 aliphatic heterocycles. The lowest BCUT2D eigenvalue weighted by Crippen LogP contribution is -2.39. The Kier molecular flexibility index (Phi) is 6.51. The highest BCUT2D eigenvalue weighted by atomic mass is 16.4. The Morgan fingerprint density at radius 1 is 1.11 bits per heavy atom. The normalized spacial score (nSPS) is 22.3. The molecule has 1 aliphatic carbocycles. The first-order valence-corrected chi connectivity index (χ1v) is 13.3. The topological polar surface area (TPSA) is 115 Å². The van der Waals surface area contributed by atoms with Gasteiger partial charge in [-0.05, 0) is 68.2 Å². The van der Waals surface area contributed by atoms with E-state index in [-0.39, 0.29) is 0 Å². The fourth-order valence-electron chi connectivity index (χ4n) is 6.05. The molecule has 6 rings (SSSR count). The molecule has 2 aliphatic rings. The lowest BCUT2D eigenvalue weighted by molar-refractivity contribution is 0.100. The number of piperidine rings is 1. The molecule has 0 bridgehead atoms. The number of carbonyl (C=O) groups is 1. The number of nitrogens with two attached hydrogens (primary N) is 1. The number of pyridine rings is 1. The maximum Gasteiger partial charge on any atom is 0.295 e. The number of carbonyl (C=O) groups excluding carboxylic acids is 1. The van der Waals surface area contributed by atoms with E-state index in [0.717, 1.165) is 30.7 Å². The van der Waals surface area contributed by atoms with Crippen LogP contribution in [0.1, 0.15) is 55.3 Å². The summed E-state index contributed by atoms with van der Waals surface area (Å²) in [6.45, 7) is 2.15. The van der Waals surface area contributed by atoms with Crippen molar-refractivity contribution in [3.05, 3.63) is 60.7 Å². The van der Waals surface area contributed by atoms with Gasteiger partial charge in [-0.2, -0.15) is 5.10 Å². The van der Waals surface area contributed by atoms with Crippen molar-refractivity contribution < 1.29 is 9.21 Å². The van der Waals surface area contributed by atoms with Gasteiger partial charge >= 0.3 is 0 Å². The van der Waals surface area contributed by atoms with Gasteiger partial charge in [-0.3, -0.25) is 4.79 Å². The third-order valence-electron chi connectivity index (χ3n) is 7.93. The molecule has 0 spiro atoms. The van der Waals surface area contributed by atoms with Gasteiger partial charge in [0.25, 0.3) is 6.01 Å². The summed E-state index contributed by atoms with van der Waals surface area (Å²) in [5, 5.41) is 7.91. The molecule has 3 atom stereocenters. The molecular formula is C28H33N7O2. The first-order chi connectivity index (χ1) is 18.1. The molecule has 1 saturated heterocycles. The van der Waals surface area contributed by atoms with E-state index < -0.39 is 5.91 Å². The van der Waals surface area contributed by atoms with Crippen molar-refractivity contribution in [2.45, 2.75) is 51.0 Å². The van der Waals surface area contributed by atoms with Gasteiger partial charge in [-0.25, -0.2) is 14.5 Å². The molecule has 0 radical (unpaired) electrons. The predicted octanol–water partition coefficient (Wildman–Crippen LogP) is 4.76. The van der Waals surface area contributed by atoms with Crippen LogP contribution in [-0.4, -0.2) is 44.6 Å². The number of aromatic nitrogens is 4. The van der Waals surface area contributed by atoms with E-state index in [2.05, 4.69) is 37.5 Å². The van der Waals surface area contributed by atoms with E-state index in [0.29, 0.717) is 35.2 Å². The van der Waals surface area contributed by atoms with Crippen molar-refractivity contribution in [2.75, 3.05) is 23.3 Å². The summed E-state index contributed by atoms with van der Waals surface area (Å²) in [7, 11) is 0. The third kappa shape index (κ3) is 5.16. The van der Waals surface area contributed by atoms with Crippen molar-refractivity contribution in [3.63, 3.8) is 0 Å². The van der Waals surface area contributed by atoms with Crippen LogP contribution >= 0.6 is 0 Å². The van der Waals surface area contributed by atoms with Crippen LogP contribution in [0, 0.1) is 11.8 Å². The van der Waals surface area contributed by atoms with E-state index in [1.165, 1.54) is 44.2 Å². The predicted molar refractivity (Wildman–Crippen MR) is 142 cm³/mol. The smallest absolute Gasteiger partial charge is 0.295 e. The number of hydrogen-bond donors (Lipinski definition) is 2. The highest BCUT2D eigenvalue weighted by Gasteiger charge is 2.31. The van der Waals surface area contributed by atoms with Crippen LogP contribution in [-0.2, 0) is 0 Å². The molecular weight excluding hydrogens is 466 g/mol. The number of anilines is 2. The van der Waals surface area contributed by atoms with Crippen molar-refractivity contribution >= 4 is 23.3 Å². The fraction of sp³-hybridized carbons (Fsp3) is 0.429. The minimum absolute atomic E-state index is 0.346. The molecule has 1 saturated carbocycles. The van der Waals surface area contributed by atoms with Crippen molar-refractivity contribution in [2.24, 2.45) is 17.6 Å². The number of amides is 1. The van der Waals surface area contributed by atoms with Crippen LogP contribution in [0.25, 0.3) is 17.0 Å². The Bertz CT molecular complexity index is 1380. The lowest BCUT2D eigenvalue weighted by atomic mass is 9.77. The summed E-state index contributed by atoms with van der Waals surface area (Å²) in [6, 6.07) is 12.2. The Balaban J connectivity index is 1.11. The summed E-state index contributed by atoms with van der Waals surface area (Å²) < 4.78 is 7.91. The molecule has 2 fully saturated rings. The van der Waals surface area contributed by atoms with Crippen LogP contribution < -0.4 is 16.0 Å². The quantitative estimate of drug-likeness (QED) is 0.377. The van der Waals surface area contributed by atoms with Crippen molar-refractivity contribution in [3.8, 4) is 11.3 Å². The number of nitrogens with zero attached hydrogens (tertiary/aromatic N) is 5. The molecule has 0 unspecified atom stereocenters. The van der Waals surface area contributed by atoms with Gasteiger partial charge < -0.3 is 20.4 Å². The SMILES string of the molecule is NC(=O)c1cccc(-c2cnc(N[C@@H]3CCCC[C@H]3C[C@H]3CCCN(c4ccc5ncnn5c4)C3)o2)c1. The fourth-order valence-corrected chi connectivity index (χ4v) is 6.05. The van der Waals surface area contributed by atoms with E-state index in [1.807, 2.05) is 16.6 Å². The maximum absolute atomic E-state index is 11.5. The number of nitrogens with one attached hydrogen (secondary N) is 1. The highest BCUT2D eigenvalue weighted by molar-refractivity contribution is 5.93. The number of benzene rings is 1. The Morgan fingerprint density at radius 3 is 2.95 bits per heavy atom.